The summed E-state index contributed by atoms with van der Waals surface area (Å²) in [6.45, 7) is 2.05. The molecular formula is C19H21N3O4S2. The largest absolute Gasteiger partial charge is 0.497 e. The van der Waals surface area contributed by atoms with Crippen molar-refractivity contribution in [2.45, 2.75) is 17.7 Å². The molecule has 1 N–H and O–H groups in total. The number of hydrogen-bond acceptors (Lipinski definition) is 7. The fraction of sp³-hybridized carbons (Fsp3) is 0.316. The summed E-state index contributed by atoms with van der Waals surface area (Å²) in [4.78, 5) is 6.97. The second-order valence-corrected chi connectivity index (χ2v) is 9.16. The van der Waals surface area contributed by atoms with E-state index < -0.39 is 10.0 Å². The minimum absolute atomic E-state index is 0.0245. The van der Waals surface area contributed by atoms with Gasteiger partial charge in [0.05, 0.1) is 30.1 Å². The van der Waals surface area contributed by atoms with Crippen LogP contribution in [0, 0.1) is 0 Å². The van der Waals surface area contributed by atoms with Crippen LogP contribution < -0.4 is 19.1 Å². The lowest BCUT2D eigenvalue weighted by molar-refractivity contribution is 0.392. The predicted octanol–water partition coefficient (Wildman–Crippen LogP) is 3.71. The summed E-state index contributed by atoms with van der Waals surface area (Å²) in [6.07, 6.45) is 2.37. The third-order valence-electron chi connectivity index (χ3n) is 4.67. The van der Waals surface area contributed by atoms with Gasteiger partial charge in [-0.15, -0.1) is 0 Å². The number of sulfonamides is 1. The van der Waals surface area contributed by atoms with Crippen LogP contribution in [0.25, 0.3) is 10.2 Å². The number of nitrogens with zero attached hydrogens (tertiary/aromatic N) is 2. The van der Waals surface area contributed by atoms with Gasteiger partial charge >= 0.3 is 0 Å². The summed E-state index contributed by atoms with van der Waals surface area (Å²) in [5.74, 6) is 0.692. The standard InChI is InChI=1S/C19H21N3O4S2/c1-25-14-6-8-16(26-2)18(12-14)28(23,24)21-13-5-7-15-17(11-13)27-19(20-15)22-9-3-4-10-22/h5-8,11-12,21H,3-4,9-10H2,1-2H3. The van der Waals surface area contributed by atoms with Gasteiger partial charge in [-0.05, 0) is 43.2 Å². The molecule has 0 bridgehead atoms. The lowest BCUT2D eigenvalue weighted by atomic mass is 10.3. The van der Waals surface area contributed by atoms with Crippen LogP contribution in [0.2, 0.25) is 0 Å². The van der Waals surface area contributed by atoms with Crippen molar-refractivity contribution in [3.05, 3.63) is 36.4 Å². The third-order valence-corrected chi connectivity index (χ3v) is 7.15. The molecule has 0 spiro atoms. The molecule has 4 rings (SSSR count). The molecule has 2 heterocycles. The van der Waals surface area contributed by atoms with Gasteiger partial charge in [-0.3, -0.25) is 4.72 Å². The van der Waals surface area contributed by atoms with Gasteiger partial charge in [-0.2, -0.15) is 0 Å². The summed E-state index contributed by atoms with van der Waals surface area (Å²) in [6, 6.07) is 10.0. The first-order valence-electron chi connectivity index (χ1n) is 8.90. The number of aromatic nitrogens is 1. The van der Waals surface area contributed by atoms with E-state index in [9.17, 15) is 8.42 Å². The first-order chi connectivity index (χ1) is 13.5. The number of rotatable bonds is 6. The van der Waals surface area contributed by atoms with Gasteiger partial charge in [0.15, 0.2) is 5.13 Å². The molecule has 0 atom stereocenters. The van der Waals surface area contributed by atoms with Crippen LogP contribution in [0.15, 0.2) is 41.3 Å². The van der Waals surface area contributed by atoms with Gasteiger partial charge in [0.25, 0.3) is 10.0 Å². The summed E-state index contributed by atoms with van der Waals surface area (Å²) < 4.78 is 39.8. The summed E-state index contributed by atoms with van der Waals surface area (Å²) >= 11 is 1.58. The molecule has 0 radical (unpaired) electrons. The van der Waals surface area contributed by atoms with Crippen molar-refractivity contribution in [2.24, 2.45) is 0 Å². The van der Waals surface area contributed by atoms with Gasteiger partial charge in [0.1, 0.15) is 16.4 Å². The summed E-state index contributed by atoms with van der Waals surface area (Å²) in [5.41, 5.74) is 1.35. The lowest BCUT2D eigenvalue weighted by Crippen LogP contribution is -2.16. The number of benzene rings is 2. The molecule has 1 saturated heterocycles. The predicted molar refractivity (Wildman–Crippen MR) is 111 cm³/mol. The fourth-order valence-electron chi connectivity index (χ4n) is 3.22. The number of thiazole rings is 1. The normalized spacial score (nSPS) is 14.4. The molecule has 1 aliphatic rings. The second kappa shape index (κ2) is 7.48. The van der Waals surface area contributed by atoms with Crippen molar-refractivity contribution in [3.63, 3.8) is 0 Å². The molecule has 1 fully saturated rings. The van der Waals surface area contributed by atoms with Crippen LogP contribution >= 0.6 is 11.3 Å². The van der Waals surface area contributed by atoms with Gasteiger partial charge < -0.3 is 14.4 Å². The Balaban J connectivity index is 1.65. The monoisotopic (exact) mass is 419 g/mol. The van der Waals surface area contributed by atoms with Crippen LogP contribution in [-0.4, -0.2) is 40.7 Å². The SMILES string of the molecule is COc1ccc(OC)c(S(=O)(=O)Nc2ccc3nc(N4CCCC4)sc3c2)c1. The number of hydrogen-bond donors (Lipinski definition) is 1. The maximum absolute atomic E-state index is 12.9. The Hall–Kier alpha value is -2.52. The van der Waals surface area contributed by atoms with E-state index >= 15 is 0 Å². The number of methoxy groups -OCH3 is 2. The Morgan fingerprint density at radius 1 is 1.07 bits per heavy atom. The zero-order chi connectivity index (χ0) is 19.7. The molecule has 9 heteroatoms. The average molecular weight is 420 g/mol. The Morgan fingerprint density at radius 2 is 1.86 bits per heavy atom. The minimum Gasteiger partial charge on any atom is -0.497 e. The Morgan fingerprint density at radius 3 is 2.57 bits per heavy atom. The average Bonchev–Trinajstić information content (AvgIpc) is 3.36. The topological polar surface area (TPSA) is 80.8 Å². The van der Waals surface area contributed by atoms with Crippen molar-refractivity contribution >= 4 is 42.4 Å². The van der Waals surface area contributed by atoms with Crippen molar-refractivity contribution in [1.29, 1.82) is 0 Å². The smallest absolute Gasteiger partial charge is 0.265 e. The van der Waals surface area contributed by atoms with Gasteiger partial charge in [-0.25, -0.2) is 13.4 Å². The zero-order valence-corrected chi connectivity index (χ0v) is 17.3. The zero-order valence-electron chi connectivity index (χ0n) is 15.6. The first kappa shape index (κ1) is 18.8. The van der Waals surface area contributed by atoms with Crippen LogP contribution in [0.4, 0.5) is 10.8 Å². The Bertz CT molecular complexity index is 1110. The van der Waals surface area contributed by atoms with E-state index in [1.807, 2.05) is 12.1 Å². The van der Waals surface area contributed by atoms with E-state index in [0.717, 1.165) is 28.4 Å². The molecule has 2 aromatic carbocycles. The number of anilines is 2. The molecule has 7 nitrogen and oxygen atoms in total. The number of ether oxygens (including phenoxy) is 2. The first-order valence-corrected chi connectivity index (χ1v) is 11.2. The maximum Gasteiger partial charge on any atom is 0.265 e. The van der Waals surface area contributed by atoms with Crippen molar-refractivity contribution in [3.8, 4) is 11.5 Å². The molecule has 0 saturated carbocycles. The number of fused-ring (bicyclic) bond motifs is 1. The molecule has 0 amide bonds. The molecule has 0 unspecified atom stereocenters. The van der Waals surface area contributed by atoms with Crippen molar-refractivity contribution in [1.82, 2.24) is 4.98 Å². The third kappa shape index (κ3) is 3.59. The molecular weight excluding hydrogens is 398 g/mol. The minimum atomic E-state index is -3.85. The quantitative estimate of drug-likeness (QED) is 0.656. The molecule has 148 valence electrons. The number of nitrogens with one attached hydrogen (secondary N) is 1. The Labute approximate surface area is 168 Å². The van der Waals surface area contributed by atoms with Crippen LogP contribution in [-0.2, 0) is 10.0 Å². The molecule has 1 aromatic heterocycles. The van der Waals surface area contributed by atoms with Gasteiger partial charge in [0.2, 0.25) is 0 Å². The molecule has 3 aromatic rings. The molecule has 0 aliphatic carbocycles. The molecule has 28 heavy (non-hydrogen) atoms. The van der Waals surface area contributed by atoms with Crippen LogP contribution in [0.3, 0.4) is 0 Å². The van der Waals surface area contributed by atoms with Crippen LogP contribution in [0.5, 0.6) is 11.5 Å². The van der Waals surface area contributed by atoms with E-state index in [2.05, 4.69) is 14.6 Å². The highest BCUT2D eigenvalue weighted by Gasteiger charge is 2.22. The van der Waals surface area contributed by atoms with E-state index in [0.29, 0.717) is 11.4 Å². The summed E-state index contributed by atoms with van der Waals surface area (Å²) in [5, 5.41) is 0.988. The highest BCUT2D eigenvalue weighted by atomic mass is 32.2. The van der Waals surface area contributed by atoms with Crippen LogP contribution in [0.1, 0.15) is 12.8 Å². The van der Waals surface area contributed by atoms with Gasteiger partial charge in [-0.1, -0.05) is 11.3 Å². The maximum atomic E-state index is 12.9. The second-order valence-electron chi connectivity index (χ2n) is 6.50. The van der Waals surface area contributed by atoms with Crippen molar-refractivity contribution < 1.29 is 17.9 Å². The van der Waals surface area contributed by atoms with E-state index in [1.54, 1.807) is 29.5 Å². The van der Waals surface area contributed by atoms with E-state index in [-0.39, 0.29) is 10.6 Å². The van der Waals surface area contributed by atoms with Crippen molar-refractivity contribution in [2.75, 3.05) is 36.9 Å². The fourth-order valence-corrected chi connectivity index (χ4v) is 5.52. The molecule has 1 aliphatic heterocycles. The van der Waals surface area contributed by atoms with Gasteiger partial charge in [0, 0.05) is 19.2 Å². The Kier molecular flexibility index (Phi) is 5.03. The highest BCUT2D eigenvalue weighted by molar-refractivity contribution is 7.92. The lowest BCUT2D eigenvalue weighted by Gasteiger charge is -2.12. The summed E-state index contributed by atoms with van der Waals surface area (Å²) in [7, 11) is -0.925. The van der Waals surface area contributed by atoms with E-state index in [1.165, 1.54) is 33.1 Å². The highest BCUT2D eigenvalue weighted by Crippen LogP contribution is 2.34. The van der Waals surface area contributed by atoms with E-state index in [4.69, 9.17) is 9.47 Å².